The largest absolute Gasteiger partial charge is 0.419 e. The second-order valence-electron chi connectivity index (χ2n) is 3.74. The maximum Gasteiger partial charge on any atom is 0.247 e. The summed E-state index contributed by atoms with van der Waals surface area (Å²) in [5.41, 5.74) is 0.851. The number of hydrogen-bond donors (Lipinski definition) is 0. The zero-order chi connectivity index (χ0) is 12.4. The van der Waals surface area contributed by atoms with Crippen LogP contribution in [0.15, 0.2) is 47.4 Å². The molecule has 1 aromatic carbocycles. The minimum atomic E-state index is 0.488. The molecule has 5 nitrogen and oxygen atoms in total. The van der Waals surface area contributed by atoms with Crippen molar-refractivity contribution in [1.82, 2.24) is 19.7 Å². The molecule has 0 bridgehead atoms. The van der Waals surface area contributed by atoms with Crippen LogP contribution in [0.5, 0.6) is 0 Å². The van der Waals surface area contributed by atoms with E-state index in [0.717, 1.165) is 5.56 Å². The van der Waals surface area contributed by atoms with Crippen molar-refractivity contribution in [2.75, 3.05) is 0 Å². The Morgan fingerprint density at radius 2 is 2.00 bits per heavy atom. The van der Waals surface area contributed by atoms with Crippen LogP contribution in [0.3, 0.4) is 0 Å². The van der Waals surface area contributed by atoms with Gasteiger partial charge in [-0.05, 0) is 24.3 Å². The first-order chi connectivity index (χ1) is 8.81. The molecular formula is C12H9ClN4O. The van der Waals surface area contributed by atoms with Crippen molar-refractivity contribution in [1.29, 1.82) is 0 Å². The van der Waals surface area contributed by atoms with Crippen molar-refractivity contribution in [3.8, 4) is 11.5 Å². The van der Waals surface area contributed by atoms with Gasteiger partial charge in [0.25, 0.3) is 0 Å². The van der Waals surface area contributed by atoms with Gasteiger partial charge in [-0.2, -0.15) is 0 Å². The Kier molecular flexibility index (Phi) is 2.82. The Morgan fingerprint density at radius 3 is 2.72 bits per heavy atom. The summed E-state index contributed by atoms with van der Waals surface area (Å²) in [5, 5.41) is 8.67. The average molecular weight is 261 g/mol. The summed E-state index contributed by atoms with van der Waals surface area (Å²) in [6, 6.07) is 7.26. The number of benzene rings is 1. The molecule has 2 heterocycles. The minimum Gasteiger partial charge on any atom is -0.419 e. The van der Waals surface area contributed by atoms with Gasteiger partial charge in [0.1, 0.15) is 6.54 Å². The summed E-state index contributed by atoms with van der Waals surface area (Å²) in [4.78, 5) is 3.95. The standard InChI is InChI=1S/C12H9ClN4O/c13-10-3-1-9(2-4-10)12-16-15-11(18-12)7-17-6-5-14-8-17/h1-6,8H,7H2. The van der Waals surface area contributed by atoms with Crippen LogP contribution in [0, 0.1) is 0 Å². The van der Waals surface area contributed by atoms with Crippen molar-refractivity contribution in [2.45, 2.75) is 6.54 Å². The van der Waals surface area contributed by atoms with E-state index in [9.17, 15) is 0 Å². The first-order valence-corrected chi connectivity index (χ1v) is 5.73. The third-order valence-corrected chi connectivity index (χ3v) is 2.69. The lowest BCUT2D eigenvalue weighted by Crippen LogP contribution is -1.96. The molecule has 0 radical (unpaired) electrons. The molecule has 0 N–H and O–H groups in total. The highest BCUT2D eigenvalue weighted by Gasteiger charge is 2.08. The average Bonchev–Trinajstić information content (AvgIpc) is 3.02. The normalized spacial score (nSPS) is 10.7. The topological polar surface area (TPSA) is 56.7 Å². The fraction of sp³-hybridized carbons (Fsp3) is 0.0833. The number of halogens is 1. The molecule has 18 heavy (non-hydrogen) atoms. The highest BCUT2D eigenvalue weighted by Crippen LogP contribution is 2.20. The van der Waals surface area contributed by atoms with Gasteiger partial charge >= 0.3 is 0 Å². The molecule has 0 saturated carbocycles. The predicted octanol–water partition coefficient (Wildman–Crippen LogP) is 2.63. The van der Waals surface area contributed by atoms with Gasteiger partial charge in [-0.3, -0.25) is 0 Å². The third kappa shape index (κ3) is 2.26. The molecule has 0 saturated heterocycles. The van der Waals surface area contributed by atoms with Crippen LogP contribution in [0.2, 0.25) is 5.02 Å². The summed E-state index contributed by atoms with van der Waals surface area (Å²) in [6.45, 7) is 0.514. The van der Waals surface area contributed by atoms with Crippen LogP contribution >= 0.6 is 11.6 Å². The van der Waals surface area contributed by atoms with Crippen molar-refractivity contribution in [3.63, 3.8) is 0 Å². The highest BCUT2D eigenvalue weighted by molar-refractivity contribution is 6.30. The Labute approximate surface area is 108 Å². The summed E-state index contributed by atoms with van der Waals surface area (Å²) >= 11 is 5.82. The van der Waals surface area contributed by atoms with Crippen molar-refractivity contribution >= 4 is 11.6 Å². The Bertz CT molecular complexity index is 630. The highest BCUT2D eigenvalue weighted by atomic mass is 35.5. The van der Waals surface area contributed by atoms with Crippen molar-refractivity contribution in [3.05, 3.63) is 53.9 Å². The summed E-state index contributed by atoms with van der Waals surface area (Å²) < 4.78 is 7.43. The third-order valence-electron chi connectivity index (χ3n) is 2.44. The van der Waals surface area contributed by atoms with Gasteiger partial charge in [0.2, 0.25) is 11.8 Å². The van der Waals surface area contributed by atoms with Crippen LogP contribution in [-0.4, -0.2) is 19.7 Å². The minimum absolute atomic E-state index is 0.488. The molecule has 90 valence electrons. The van der Waals surface area contributed by atoms with E-state index in [0.29, 0.717) is 23.3 Å². The number of aromatic nitrogens is 4. The van der Waals surface area contributed by atoms with E-state index in [1.807, 2.05) is 22.9 Å². The first kappa shape index (κ1) is 11.0. The zero-order valence-corrected chi connectivity index (χ0v) is 10.1. The fourth-order valence-corrected chi connectivity index (χ4v) is 1.69. The smallest absolute Gasteiger partial charge is 0.247 e. The maximum atomic E-state index is 5.82. The van der Waals surface area contributed by atoms with Crippen LogP contribution in [0.1, 0.15) is 5.89 Å². The molecule has 3 rings (SSSR count). The second kappa shape index (κ2) is 4.62. The van der Waals surface area contributed by atoms with Gasteiger partial charge in [-0.1, -0.05) is 11.6 Å². The van der Waals surface area contributed by atoms with Gasteiger partial charge in [0, 0.05) is 23.0 Å². The molecule has 0 aliphatic carbocycles. The summed E-state index contributed by atoms with van der Waals surface area (Å²) in [6.07, 6.45) is 5.24. The van der Waals surface area contributed by atoms with Gasteiger partial charge in [0.15, 0.2) is 0 Å². The second-order valence-corrected chi connectivity index (χ2v) is 4.18. The molecule has 0 spiro atoms. The quantitative estimate of drug-likeness (QED) is 0.726. The molecule has 2 aromatic heterocycles. The Morgan fingerprint density at radius 1 is 1.17 bits per heavy atom. The molecule has 0 aliphatic heterocycles. The van der Waals surface area contributed by atoms with Gasteiger partial charge in [0.05, 0.1) is 6.33 Å². The Balaban J connectivity index is 1.83. The van der Waals surface area contributed by atoms with Gasteiger partial charge in [-0.25, -0.2) is 4.98 Å². The van der Waals surface area contributed by atoms with Crippen LogP contribution in [-0.2, 0) is 6.54 Å². The number of rotatable bonds is 3. The van der Waals surface area contributed by atoms with Crippen molar-refractivity contribution in [2.24, 2.45) is 0 Å². The number of hydrogen-bond acceptors (Lipinski definition) is 4. The molecule has 0 fully saturated rings. The first-order valence-electron chi connectivity index (χ1n) is 5.35. The lowest BCUT2D eigenvalue weighted by molar-refractivity contribution is 0.488. The monoisotopic (exact) mass is 260 g/mol. The van der Waals surface area contributed by atoms with Crippen LogP contribution in [0.4, 0.5) is 0 Å². The van der Waals surface area contributed by atoms with Gasteiger partial charge in [-0.15, -0.1) is 10.2 Å². The fourth-order valence-electron chi connectivity index (χ4n) is 1.56. The zero-order valence-electron chi connectivity index (χ0n) is 9.32. The Hall–Kier alpha value is -2.14. The lowest BCUT2D eigenvalue weighted by Gasteiger charge is -1.96. The number of imidazole rings is 1. The molecule has 0 aliphatic rings. The van der Waals surface area contributed by atoms with Gasteiger partial charge < -0.3 is 8.98 Å². The van der Waals surface area contributed by atoms with E-state index in [-0.39, 0.29) is 0 Å². The summed E-state index contributed by atoms with van der Waals surface area (Å²) in [5.74, 6) is 1.03. The van der Waals surface area contributed by atoms with E-state index in [2.05, 4.69) is 15.2 Å². The predicted molar refractivity (Wildman–Crippen MR) is 66.1 cm³/mol. The van der Waals surface area contributed by atoms with Crippen LogP contribution in [0.25, 0.3) is 11.5 Å². The van der Waals surface area contributed by atoms with E-state index >= 15 is 0 Å². The maximum absolute atomic E-state index is 5.82. The van der Waals surface area contributed by atoms with E-state index in [4.69, 9.17) is 16.0 Å². The number of nitrogens with zero attached hydrogens (tertiary/aromatic N) is 4. The van der Waals surface area contributed by atoms with Crippen molar-refractivity contribution < 1.29 is 4.42 Å². The van der Waals surface area contributed by atoms with E-state index < -0.39 is 0 Å². The molecular weight excluding hydrogens is 252 g/mol. The molecule has 0 unspecified atom stereocenters. The molecule has 3 aromatic rings. The summed E-state index contributed by atoms with van der Waals surface area (Å²) in [7, 11) is 0. The molecule has 0 amide bonds. The lowest BCUT2D eigenvalue weighted by atomic mass is 10.2. The SMILES string of the molecule is Clc1ccc(-c2nnc(Cn3ccnc3)o2)cc1. The molecule has 6 heteroatoms. The van der Waals surface area contributed by atoms with E-state index in [1.54, 1.807) is 24.7 Å². The molecule has 0 atom stereocenters. The van der Waals surface area contributed by atoms with Crippen LogP contribution < -0.4 is 0 Å². The van der Waals surface area contributed by atoms with E-state index in [1.165, 1.54) is 0 Å².